The highest BCUT2D eigenvalue weighted by Crippen LogP contribution is 2.31. The third-order valence-electron chi connectivity index (χ3n) is 5.72. The average molecular weight is 415 g/mol. The van der Waals surface area contributed by atoms with Crippen LogP contribution in [0.3, 0.4) is 0 Å². The van der Waals surface area contributed by atoms with Crippen molar-refractivity contribution in [2.45, 2.75) is 43.9 Å². The molecule has 29 heavy (non-hydrogen) atoms. The van der Waals surface area contributed by atoms with Gasteiger partial charge in [0.25, 0.3) is 0 Å². The Kier molecular flexibility index (Phi) is 5.61. The van der Waals surface area contributed by atoms with Crippen LogP contribution in [0.5, 0.6) is 0 Å². The lowest BCUT2D eigenvalue weighted by Crippen LogP contribution is -2.39. The molecule has 154 valence electrons. The predicted octanol–water partition coefficient (Wildman–Crippen LogP) is 3.62. The van der Waals surface area contributed by atoms with E-state index in [0.29, 0.717) is 36.3 Å². The van der Waals surface area contributed by atoms with E-state index in [0.717, 1.165) is 38.8 Å². The average Bonchev–Trinajstić information content (AvgIpc) is 3.19. The molecule has 1 aromatic heterocycles. The van der Waals surface area contributed by atoms with Crippen LogP contribution in [-0.4, -0.2) is 43.9 Å². The predicted molar refractivity (Wildman–Crippen MR) is 110 cm³/mol. The van der Waals surface area contributed by atoms with Crippen molar-refractivity contribution in [3.63, 3.8) is 0 Å². The van der Waals surface area contributed by atoms with Crippen molar-refractivity contribution in [3.8, 4) is 17.5 Å². The number of piperidine rings is 2. The molecular weight excluding hydrogens is 388 g/mol. The highest BCUT2D eigenvalue weighted by Gasteiger charge is 2.29. The summed E-state index contributed by atoms with van der Waals surface area (Å²) in [4.78, 5) is 6.68. The summed E-state index contributed by atoms with van der Waals surface area (Å²) in [6.07, 6.45) is 5.29. The molecule has 7 nitrogen and oxygen atoms in total. The Hall–Kier alpha value is -2.37. The normalized spacial score (nSPS) is 21.1. The fourth-order valence-electron chi connectivity index (χ4n) is 4.10. The van der Waals surface area contributed by atoms with Crippen LogP contribution in [0, 0.1) is 17.2 Å². The minimum absolute atomic E-state index is 0.277. The second-order valence-corrected chi connectivity index (χ2v) is 9.91. The van der Waals surface area contributed by atoms with Gasteiger partial charge in [-0.3, -0.25) is 0 Å². The van der Waals surface area contributed by atoms with E-state index in [9.17, 15) is 13.7 Å². The van der Waals surface area contributed by atoms with Gasteiger partial charge in [-0.15, -0.1) is 0 Å². The molecule has 4 rings (SSSR count). The maximum absolute atomic E-state index is 12.9. The second kappa shape index (κ2) is 8.17. The highest BCUT2D eigenvalue weighted by atomic mass is 32.2. The zero-order valence-corrected chi connectivity index (χ0v) is 17.5. The maximum Gasteiger partial charge on any atom is 0.243 e. The smallest absolute Gasteiger partial charge is 0.243 e. The summed E-state index contributed by atoms with van der Waals surface area (Å²) in [6, 6.07) is 8.72. The minimum Gasteiger partial charge on any atom is -0.419 e. The summed E-state index contributed by atoms with van der Waals surface area (Å²) in [5.74, 6) is 1.24. The van der Waals surface area contributed by atoms with E-state index < -0.39 is 10.0 Å². The van der Waals surface area contributed by atoms with E-state index in [-0.39, 0.29) is 10.6 Å². The molecule has 2 aliphatic rings. The summed E-state index contributed by atoms with van der Waals surface area (Å²) in [7, 11) is -3.50. The first-order valence-electron chi connectivity index (χ1n) is 10.3. The highest BCUT2D eigenvalue weighted by molar-refractivity contribution is 7.89. The van der Waals surface area contributed by atoms with E-state index >= 15 is 0 Å². The Labute approximate surface area is 172 Å². The molecule has 0 N–H and O–H groups in total. The van der Waals surface area contributed by atoms with Crippen molar-refractivity contribution >= 4 is 15.9 Å². The third kappa shape index (κ3) is 4.02. The van der Waals surface area contributed by atoms with Crippen molar-refractivity contribution < 1.29 is 12.8 Å². The summed E-state index contributed by atoms with van der Waals surface area (Å²) in [6.45, 7) is 4.93. The number of nitrogens with zero attached hydrogens (tertiary/aromatic N) is 4. The lowest BCUT2D eigenvalue weighted by molar-refractivity contribution is 0.281. The molecule has 3 heterocycles. The van der Waals surface area contributed by atoms with Gasteiger partial charge >= 0.3 is 0 Å². The molecular formula is C21H26N4O3S. The Morgan fingerprint density at radius 1 is 1.10 bits per heavy atom. The van der Waals surface area contributed by atoms with Gasteiger partial charge < -0.3 is 9.32 Å². The van der Waals surface area contributed by atoms with Crippen LogP contribution in [0.15, 0.2) is 33.6 Å². The molecule has 2 saturated heterocycles. The first kappa shape index (κ1) is 19.9. The van der Waals surface area contributed by atoms with Crippen molar-refractivity contribution in [1.29, 1.82) is 5.26 Å². The van der Waals surface area contributed by atoms with Crippen LogP contribution in [0.4, 0.5) is 5.88 Å². The van der Waals surface area contributed by atoms with Gasteiger partial charge in [0.05, 0.1) is 4.90 Å². The van der Waals surface area contributed by atoms with E-state index in [1.807, 2.05) is 0 Å². The molecule has 0 unspecified atom stereocenters. The number of rotatable bonds is 4. The van der Waals surface area contributed by atoms with Gasteiger partial charge in [-0.05, 0) is 62.3 Å². The van der Waals surface area contributed by atoms with Crippen molar-refractivity contribution in [3.05, 3.63) is 30.0 Å². The number of oxazole rings is 1. The molecule has 0 aliphatic carbocycles. The molecule has 0 spiro atoms. The molecule has 8 heteroatoms. The molecule has 0 radical (unpaired) electrons. The number of nitriles is 1. The summed E-state index contributed by atoms with van der Waals surface area (Å²) < 4.78 is 33.4. The summed E-state index contributed by atoms with van der Waals surface area (Å²) in [5.41, 5.74) is 0.941. The van der Waals surface area contributed by atoms with Crippen molar-refractivity contribution in [2.75, 3.05) is 31.1 Å². The van der Waals surface area contributed by atoms with Gasteiger partial charge in [0.2, 0.25) is 27.5 Å². The van der Waals surface area contributed by atoms with Crippen LogP contribution < -0.4 is 4.90 Å². The van der Waals surface area contributed by atoms with E-state index in [1.165, 1.54) is 6.42 Å². The lowest BCUT2D eigenvalue weighted by Gasteiger charge is -2.30. The Morgan fingerprint density at radius 2 is 1.83 bits per heavy atom. The van der Waals surface area contributed by atoms with Crippen LogP contribution in [0.1, 0.15) is 44.7 Å². The van der Waals surface area contributed by atoms with Crippen LogP contribution in [-0.2, 0) is 10.0 Å². The quantitative estimate of drug-likeness (QED) is 0.759. The molecule has 2 fully saturated rings. The van der Waals surface area contributed by atoms with E-state index in [4.69, 9.17) is 4.42 Å². The van der Waals surface area contributed by atoms with Gasteiger partial charge in [0.1, 0.15) is 6.07 Å². The zero-order chi connectivity index (χ0) is 20.4. The summed E-state index contributed by atoms with van der Waals surface area (Å²) in [5, 5.41) is 9.44. The van der Waals surface area contributed by atoms with Crippen LogP contribution in [0.25, 0.3) is 11.5 Å². The van der Waals surface area contributed by atoms with Gasteiger partial charge in [-0.2, -0.15) is 14.6 Å². The Balaban J connectivity index is 1.58. The third-order valence-corrected chi connectivity index (χ3v) is 7.60. The SMILES string of the molecule is C[C@H]1CCCN(S(=O)(=O)c2ccc(-c3nc(C#N)c(N4CCCCC4)o3)cc2)C1. The molecule has 0 bridgehead atoms. The molecule has 2 aromatic rings. The Bertz CT molecular complexity index is 1000. The zero-order valence-electron chi connectivity index (χ0n) is 16.7. The summed E-state index contributed by atoms with van der Waals surface area (Å²) >= 11 is 0. The van der Waals surface area contributed by atoms with Crippen molar-refractivity contribution in [2.24, 2.45) is 5.92 Å². The standard InChI is InChI=1S/C21H26N4O3S/c1-16-6-5-13-25(15-16)29(26,27)18-9-7-17(8-10-18)20-23-19(14-22)21(28-20)24-11-3-2-4-12-24/h7-10,16H,2-6,11-13,15H2,1H3/t16-/m0/s1. The molecule has 1 atom stereocenters. The number of hydrogen-bond donors (Lipinski definition) is 0. The lowest BCUT2D eigenvalue weighted by atomic mass is 10.0. The Morgan fingerprint density at radius 3 is 2.48 bits per heavy atom. The fraction of sp³-hybridized carbons (Fsp3) is 0.524. The molecule has 0 amide bonds. The van der Waals surface area contributed by atoms with Gasteiger partial charge in [-0.25, -0.2) is 8.42 Å². The molecule has 0 saturated carbocycles. The van der Waals surface area contributed by atoms with Gasteiger partial charge in [0.15, 0.2) is 0 Å². The maximum atomic E-state index is 12.9. The molecule has 2 aliphatic heterocycles. The van der Waals surface area contributed by atoms with Crippen LogP contribution in [0.2, 0.25) is 0 Å². The first-order chi connectivity index (χ1) is 14.0. The fourth-order valence-corrected chi connectivity index (χ4v) is 5.70. The van der Waals surface area contributed by atoms with E-state index in [2.05, 4.69) is 22.9 Å². The number of benzene rings is 1. The monoisotopic (exact) mass is 414 g/mol. The minimum atomic E-state index is -3.50. The number of aromatic nitrogens is 1. The number of sulfonamides is 1. The topological polar surface area (TPSA) is 90.4 Å². The number of anilines is 1. The first-order valence-corrected chi connectivity index (χ1v) is 11.7. The van der Waals surface area contributed by atoms with Crippen LogP contribution >= 0.6 is 0 Å². The van der Waals surface area contributed by atoms with Gasteiger partial charge in [-0.1, -0.05) is 6.92 Å². The largest absolute Gasteiger partial charge is 0.419 e. The second-order valence-electron chi connectivity index (χ2n) is 7.97. The number of hydrogen-bond acceptors (Lipinski definition) is 6. The molecule has 1 aromatic carbocycles. The van der Waals surface area contributed by atoms with E-state index in [1.54, 1.807) is 28.6 Å². The van der Waals surface area contributed by atoms with Crippen molar-refractivity contribution in [1.82, 2.24) is 9.29 Å². The van der Waals surface area contributed by atoms with Gasteiger partial charge in [0, 0.05) is 31.7 Å².